The standard InChI is InChI=1S/C7H18Si.C6H16Si.C5H12Si.CO.3CH4/c1-5-6-7-8(2,3)4;1-6(2)7(3,4)5;1-5-6(2,3)4;1-2;;;/h5-7H2,1-4H3;6H,1-5H3;5H,1H2,2-4H3;;3*1H4. The van der Waals surface area contributed by atoms with Crippen LogP contribution in [-0.4, -0.2) is 24.2 Å². The molecule has 0 fully saturated rings. The summed E-state index contributed by atoms with van der Waals surface area (Å²) in [4.78, 5) is 0. The summed E-state index contributed by atoms with van der Waals surface area (Å²) in [7, 11) is -2.28. The van der Waals surface area contributed by atoms with E-state index in [0.717, 1.165) is 5.54 Å². The molecule has 0 saturated heterocycles. The van der Waals surface area contributed by atoms with Crippen molar-refractivity contribution in [2.75, 3.05) is 0 Å². The van der Waals surface area contributed by atoms with Gasteiger partial charge in [0.15, 0.2) is 0 Å². The Labute approximate surface area is 174 Å². The summed E-state index contributed by atoms with van der Waals surface area (Å²) in [5.74, 6) is 0. The molecule has 0 aliphatic heterocycles. The van der Waals surface area contributed by atoms with E-state index >= 15 is 0 Å². The molecule has 0 heterocycles. The van der Waals surface area contributed by atoms with E-state index in [9.17, 15) is 0 Å². The molecule has 1 nitrogen and oxygen atoms in total. The molecule has 0 aromatic rings. The third-order valence-corrected chi connectivity index (χ3v) is 10.2. The second-order valence-corrected chi connectivity index (χ2v) is 26.4. The first-order valence-electron chi connectivity index (χ1n) is 8.91. The van der Waals surface area contributed by atoms with Gasteiger partial charge in [-0.15, -0.1) is 12.3 Å². The molecule has 0 aliphatic carbocycles. The number of unbranched alkanes of at least 4 members (excludes halogenated alkanes) is 1. The van der Waals surface area contributed by atoms with Gasteiger partial charge in [0, 0.05) is 16.1 Å². The molecule has 0 N–H and O–H groups in total. The van der Waals surface area contributed by atoms with Crippen LogP contribution < -0.4 is 0 Å². The summed E-state index contributed by atoms with van der Waals surface area (Å²) in [5, 5.41) is 0. The van der Waals surface area contributed by atoms with Crippen LogP contribution in [0.4, 0.5) is 0 Å². The van der Waals surface area contributed by atoms with Crippen molar-refractivity contribution in [2.45, 2.75) is 126 Å². The minimum absolute atomic E-state index is 0. The maximum absolute atomic E-state index is 7.50. The zero-order chi connectivity index (χ0) is 19.9. The summed E-state index contributed by atoms with van der Waals surface area (Å²) in [5.41, 5.74) is 3.01. The molecule has 164 valence electrons. The molecule has 0 radical (unpaired) electrons. The van der Waals surface area contributed by atoms with Gasteiger partial charge in [-0.2, -0.15) is 0 Å². The van der Waals surface area contributed by atoms with E-state index in [1.807, 2.05) is 0 Å². The van der Waals surface area contributed by atoms with Gasteiger partial charge < -0.3 is 0 Å². The summed E-state index contributed by atoms with van der Waals surface area (Å²) in [6.07, 6.45) is 2.81. The van der Waals surface area contributed by atoms with Crippen molar-refractivity contribution in [3.8, 4) is 0 Å². The van der Waals surface area contributed by atoms with Gasteiger partial charge in [-0.05, 0) is 0 Å². The van der Waals surface area contributed by atoms with Crippen LogP contribution >= 0.6 is 0 Å². The molecule has 0 aromatic carbocycles. The van der Waals surface area contributed by atoms with Crippen molar-refractivity contribution in [3.05, 3.63) is 18.9 Å². The van der Waals surface area contributed by atoms with Crippen LogP contribution in [0.25, 0.3) is 0 Å². The number of rotatable bonds is 5. The molecule has 26 heavy (non-hydrogen) atoms. The topological polar surface area (TPSA) is 19.9 Å². The van der Waals surface area contributed by atoms with Crippen molar-refractivity contribution in [3.63, 3.8) is 0 Å². The molecule has 0 amide bonds. The van der Waals surface area contributed by atoms with Gasteiger partial charge in [0.25, 0.3) is 0 Å². The van der Waals surface area contributed by atoms with E-state index in [1.165, 1.54) is 18.9 Å². The average molecular weight is 423 g/mol. The van der Waals surface area contributed by atoms with E-state index in [-0.39, 0.29) is 22.3 Å². The molecular weight excluding hydrogens is 364 g/mol. The third-order valence-electron chi connectivity index (χ3n) is 3.62. The first-order valence-corrected chi connectivity index (χ1v) is 19.8. The fourth-order valence-corrected chi connectivity index (χ4v) is 2.12. The van der Waals surface area contributed by atoms with Crippen LogP contribution in [0.5, 0.6) is 0 Å². The Morgan fingerprint density at radius 1 is 0.846 bits per heavy atom. The summed E-state index contributed by atoms with van der Waals surface area (Å²) in [6, 6.07) is 1.50. The van der Waals surface area contributed by atoms with Crippen molar-refractivity contribution in [1.29, 1.82) is 0 Å². The molecule has 0 atom stereocenters. The fourth-order valence-electron chi connectivity index (χ4n) is 0.707. The molecule has 0 aromatic heterocycles. The first kappa shape index (κ1) is 45.1. The van der Waals surface area contributed by atoms with Crippen LogP contribution in [0.15, 0.2) is 12.3 Å². The van der Waals surface area contributed by atoms with E-state index in [4.69, 9.17) is 4.65 Å². The van der Waals surface area contributed by atoms with E-state index in [0.29, 0.717) is 0 Å². The van der Waals surface area contributed by atoms with Crippen LogP contribution in [0.3, 0.4) is 0 Å². The van der Waals surface area contributed by atoms with Crippen molar-refractivity contribution >= 4 is 24.2 Å². The quantitative estimate of drug-likeness (QED) is 0.238. The van der Waals surface area contributed by atoms with Gasteiger partial charge in [-0.3, -0.25) is 0 Å². The summed E-state index contributed by atoms with van der Waals surface area (Å²) >= 11 is 0. The predicted molar refractivity (Wildman–Crippen MR) is 139 cm³/mol. The molecule has 0 aliphatic rings. The average Bonchev–Trinajstić information content (AvgIpc) is 2.37. The normalized spacial score (nSPS) is 9.81. The number of hydrogen-bond donors (Lipinski definition) is 0. The Morgan fingerprint density at radius 2 is 1.08 bits per heavy atom. The molecule has 0 bridgehead atoms. The van der Waals surface area contributed by atoms with Gasteiger partial charge in [-0.1, -0.05) is 126 Å². The van der Waals surface area contributed by atoms with E-state index in [1.54, 1.807) is 0 Å². The van der Waals surface area contributed by atoms with Crippen LogP contribution in [0.2, 0.25) is 70.5 Å². The monoisotopic (exact) mass is 422 g/mol. The number of hydrogen-bond acceptors (Lipinski definition) is 0. The van der Waals surface area contributed by atoms with Gasteiger partial charge in [0.05, 0.1) is 8.07 Å². The third kappa shape index (κ3) is 64.7. The van der Waals surface area contributed by atoms with Gasteiger partial charge >= 0.3 is 11.3 Å². The zero-order valence-corrected chi connectivity index (χ0v) is 21.4. The van der Waals surface area contributed by atoms with Crippen molar-refractivity contribution in [1.82, 2.24) is 0 Å². The van der Waals surface area contributed by atoms with E-state index in [2.05, 4.69) is 98.6 Å². The Bertz CT molecular complexity index is 276. The van der Waals surface area contributed by atoms with Gasteiger partial charge in [-0.25, -0.2) is 0 Å². The van der Waals surface area contributed by atoms with E-state index < -0.39 is 24.2 Å². The predicted octanol–water partition coefficient (Wildman–Crippen LogP) is 9.78. The Hall–Kier alpha value is 0.131. The second kappa shape index (κ2) is 23.2. The molecular formula is C22H58OSi3. The molecule has 0 rings (SSSR count). The Kier molecular flexibility index (Phi) is 40.2. The van der Waals surface area contributed by atoms with Crippen molar-refractivity contribution < 1.29 is 4.65 Å². The van der Waals surface area contributed by atoms with Gasteiger partial charge in [0.1, 0.15) is 0 Å². The minimum atomic E-state index is -0.867. The van der Waals surface area contributed by atoms with Crippen LogP contribution in [0, 0.1) is 6.65 Å². The first-order chi connectivity index (χ1) is 10.1. The van der Waals surface area contributed by atoms with Crippen LogP contribution in [0.1, 0.15) is 55.9 Å². The van der Waals surface area contributed by atoms with Gasteiger partial charge in [0.2, 0.25) is 0 Å². The summed E-state index contributed by atoms with van der Waals surface area (Å²) in [6.45, 7) is 36.4. The van der Waals surface area contributed by atoms with Crippen LogP contribution in [-0.2, 0) is 4.65 Å². The second-order valence-electron chi connectivity index (χ2n) is 9.76. The SMILES string of the molecule is C.C.C.C=C[Si](C)(C)C.CC(C)[Si](C)(C)C.CCCC[Si](C)(C)C.[C-]#[O+]. The van der Waals surface area contributed by atoms with Crippen molar-refractivity contribution in [2.24, 2.45) is 0 Å². The maximum atomic E-state index is 7.50. The zero-order valence-electron chi connectivity index (χ0n) is 18.4. The molecule has 0 saturated carbocycles. The Balaban J connectivity index is -0.0000000379. The Morgan fingerprint density at radius 3 is 1.12 bits per heavy atom. The molecule has 0 spiro atoms. The summed E-state index contributed by atoms with van der Waals surface area (Å²) < 4.78 is 7.50. The molecule has 0 unspecified atom stereocenters. The fraction of sp³-hybridized carbons (Fsp3) is 0.864. The molecule has 4 heteroatoms.